The zero-order valence-corrected chi connectivity index (χ0v) is 18.1. The van der Waals surface area contributed by atoms with Crippen LogP contribution < -0.4 is 19.5 Å². The molecule has 0 radical (unpaired) electrons. The summed E-state index contributed by atoms with van der Waals surface area (Å²) in [6, 6.07) is 21.6. The van der Waals surface area contributed by atoms with E-state index in [1.807, 2.05) is 60.7 Å². The van der Waals surface area contributed by atoms with Gasteiger partial charge in [0.2, 0.25) is 0 Å². The third-order valence-corrected chi connectivity index (χ3v) is 4.58. The molecule has 6 heteroatoms. The zero-order chi connectivity index (χ0) is 19.8. The van der Waals surface area contributed by atoms with Gasteiger partial charge in [-0.05, 0) is 41.5 Å². The summed E-state index contributed by atoms with van der Waals surface area (Å²) in [5.41, 5.74) is 3.25. The van der Waals surface area contributed by atoms with Gasteiger partial charge in [-0.3, -0.25) is 0 Å². The Bertz CT molecular complexity index is 918. The van der Waals surface area contributed by atoms with Crippen molar-refractivity contribution in [2.24, 2.45) is 0 Å². The molecular weight excluding hydrogens is 409 g/mol. The van der Waals surface area contributed by atoms with E-state index in [0.29, 0.717) is 29.7 Å². The summed E-state index contributed by atoms with van der Waals surface area (Å²) in [4.78, 5) is 0. The van der Waals surface area contributed by atoms with Crippen LogP contribution in [-0.2, 0) is 19.7 Å². The lowest BCUT2D eigenvalue weighted by molar-refractivity contribution is 0.284. The first-order valence-corrected chi connectivity index (χ1v) is 9.44. The molecule has 3 aromatic carbocycles. The molecule has 154 valence electrons. The van der Waals surface area contributed by atoms with E-state index < -0.39 is 0 Å². The Labute approximate surface area is 183 Å². The van der Waals surface area contributed by atoms with Crippen molar-refractivity contribution >= 4 is 24.0 Å². The molecule has 0 aliphatic carbocycles. The van der Waals surface area contributed by atoms with Crippen LogP contribution in [0.1, 0.15) is 16.7 Å². The van der Waals surface area contributed by atoms with Crippen LogP contribution in [0.5, 0.6) is 17.2 Å². The Morgan fingerprint density at radius 3 is 2.31 bits per heavy atom. The predicted octanol–water partition coefficient (Wildman–Crippen LogP) is 5.65. The largest absolute Gasteiger partial charge is 0.496 e. The Balaban J connectivity index is 0.00000300. The number of hydrogen-bond donors (Lipinski definition) is 1. The Morgan fingerprint density at radius 2 is 1.55 bits per heavy atom. The minimum Gasteiger partial charge on any atom is -0.496 e. The number of benzene rings is 3. The van der Waals surface area contributed by atoms with Crippen molar-refractivity contribution in [3.05, 3.63) is 88.4 Å². The smallest absolute Gasteiger partial charge is 0.161 e. The van der Waals surface area contributed by atoms with E-state index in [9.17, 15) is 0 Å². The second-order valence-corrected chi connectivity index (χ2v) is 6.76. The topological polar surface area (TPSA) is 39.7 Å². The van der Waals surface area contributed by atoms with Gasteiger partial charge in [0, 0.05) is 23.7 Å². The zero-order valence-electron chi connectivity index (χ0n) is 16.5. The van der Waals surface area contributed by atoms with Crippen molar-refractivity contribution in [1.82, 2.24) is 5.32 Å². The van der Waals surface area contributed by atoms with E-state index in [2.05, 4.69) is 11.4 Å². The molecule has 0 bridgehead atoms. The van der Waals surface area contributed by atoms with E-state index >= 15 is 0 Å². The van der Waals surface area contributed by atoms with Gasteiger partial charge < -0.3 is 19.5 Å². The van der Waals surface area contributed by atoms with Crippen LogP contribution in [0, 0.1) is 0 Å². The average Bonchev–Trinajstić information content (AvgIpc) is 2.73. The quantitative estimate of drug-likeness (QED) is 0.473. The fraction of sp³-hybridized carbons (Fsp3) is 0.217. The molecule has 0 aliphatic rings. The lowest BCUT2D eigenvalue weighted by Gasteiger charge is -2.13. The normalized spacial score (nSPS) is 10.2. The van der Waals surface area contributed by atoms with E-state index in [4.69, 9.17) is 25.8 Å². The molecule has 0 fully saturated rings. The molecule has 29 heavy (non-hydrogen) atoms. The van der Waals surface area contributed by atoms with Crippen LogP contribution in [0.25, 0.3) is 0 Å². The lowest BCUT2D eigenvalue weighted by Crippen LogP contribution is -2.13. The van der Waals surface area contributed by atoms with Crippen LogP contribution in [-0.4, -0.2) is 14.2 Å². The van der Waals surface area contributed by atoms with Crippen molar-refractivity contribution < 1.29 is 14.2 Å². The molecule has 0 spiro atoms. The third kappa shape index (κ3) is 6.57. The minimum absolute atomic E-state index is 0. The van der Waals surface area contributed by atoms with Gasteiger partial charge in [0.25, 0.3) is 0 Å². The van der Waals surface area contributed by atoms with Crippen molar-refractivity contribution in [1.29, 1.82) is 0 Å². The molecule has 0 heterocycles. The maximum Gasteiger partial charge on any atom is 0.161 e. The molecule has 4 nitrogen and oxygen atoms in total. The Morgan fingerprint density at radius 1 is 0.759 bits per heavy atom. The predicted molar refractivity (Wildman–Crippen MR) is 120 cm³/mol. The highest BCUT2D eigenvalue weighted by Crippen LogP contribution is 2.29. The van der Waals surface area contributed by atoms with Gasteiger partial charge in [0.15, 0.2) is 11.5 Å². The average molecular weight is 434 g/mol. The monoisotopic (exact) mass is 433 g/mol. The van der Waals surface area contributed by atoms with Gasteiger partial charge in [0.05, 0.1) is 14.2 Å². The second kappa shape index (κ2) is 11.6. The Kier molecular flexibility index (Phi) is 9.13. The van der Waals surface area contributed by atoms with Gasteiger partial charge in [-0.15, -0.1) is 12.4 Å². The van der Waals surface area contributed by atoms with Gasteiger partial charge >= 0.3 is 0 Å². The van der Waals surface area contributed by atoms with E-state index in [-0.39, 0.29) is 12.4 Å². The molecule has 1 N–H and O–H groups in total. The third-order valence-electron chi connectivity index (χ3n) is 4.35. The number of halogens is 2. The van der Waals surface area contributed by atoms with Crippen LogP contribution >= 0.6 is 24.0 Å². The molecule has 0 aromatic heterocycles. The van der Waals surface area contributed by atoms with E-state index in [1.54, 1.807) is 14.2 Å². The van der Waals surface area contributed by atoms with Crippen LogP contribution in [0.2, 0.25) is 5.02 Å². The Hall–Kier alpha value is -2.40. The van der Waals surface area contributed by atoms with Crippen molar-refractivity contribution in [3.63, 3.8) is 0 Å². The van der Waals surface area contributed by atoms with Gasteiger partial charge in [-0.2, -0.15) is 0 Å². The first-order chi connectivity index (χ1) is 13.7. The van der Waals surface area contributed by atoms with Crippen molar-refractivity contribution in [2.75, 3.05) is 14.2 Å². The molecule has 0 amide bonds. The fourth-order valence-electron chi connectivity index (χ4n) is 2.92. The summed E-state index contributed by atoms with van der Waals surface area (Å²) in [6.07, 6.45) is 0. The molecule has 3 rings (SSSR count). The highest BCUT2D eigenvalue weighted by Gasteiger charge is 2.07. The highest BCUT2D eigenvalue weighted by molar-refractivity contribution is 6.30. The van der Waals surface area contributed by atoms with E-state index in [0.717, 1.165) is 29.0 Å². The first-order valence-electron chi connectivity index (χ1n) is 9.06. The van der Waals surface area contributed by atoms with Gasteiger partial charge in [0.1, 0.15) is 12.4 Å². The molecular formula is C23H25Cl2NO3. The summed E-state index contributed by atoms with van der Waals surface area (Å²) in [7, 11) is 3.33. The maximum absolute atomic E-state index is 6.02. The van der Waals surface area contributed by atoms with Crippen LogP contribution in [0.4, 0.5) is 0 Å². The molecule has 0 aliphatic heterocycles. The fourth-order valence-corrected chi connectivity index (χ4v) is 3.13. The number of ether oxygens (including phenoxy) is 3. The number of hydrogen-bond acceptors (Lipinski definition) is 4. The molecule has 0 atom stereocenters. The number of nitrogens with one attached hydrogen (secondary N) is 1. The number of rotatable bonds is 9. The van der Waals surface area contributed by atoms with Gasteiger partial charge in [-0.1, -0.05) is 48.0 Å². The minimum atomic E-state index is 0. The standard InChI is InChI=1S/C23H24ClNO3.ClH/c1-26-21-9-4-3-7-19(21)15-25-14-17-10-11-22(23(13-17)27-2)28-16-18-6-5-8-20(24)12-18;/h3-13,25H,14-16H2,1-2H3;1H. The van der Waals surface area contributed by atoms with E-state index in [1.165, 1.54) is 0 Å². The summed E-state index contributed by atoms with van der Waals surface area (Å²) < 4.78 is 16.8. The molecule has 0 saturated heterocycles. The summed E-state index contributed by atoms with van der Waals surface area (Å²) in [6.45, 7) is 1.87. The number of methoxy groups -OCH3 is 2. The van der Waals surface area contributed by atoms with Crippen molar-refractivity contribution in [2.45, 2.75) is 19.7 Å². The SMILES string of the molecule is COc1ccccc1CNCc1ccc(OCc2cccc(Cl)c2)c(OC)c1.Cl. The summed E-state index contributed by atoms with van der Waals surface area (Å²) >= 11 is 6.02. The van der Waals surface area contributed by atoms with Crippen LogP contribution in [0.15, 0.2) is 66.7 Å². The second-order valence-electron chi connectivity index (χ2n) is 6.32. The number of para-hydroxylation sites is 1. The lowest BCUT2D eigenvalue weighted by atomic mass is 10.1. The summed E-state index contributed by atoms with van der Waals surface area (Å²) in [5, 5.41) is 4.14. The molecule has 3 aromatic rings. The summed E-state index contributed by atoms with van der Waals surface area (Å²) in [5.74, 6) is 2.30. The van der Waals surface area contributed by atoms with Crippen LogP contribution in [0.3, 0.4) is 0 Å². The molecule has 0 saturated carbocycles. The molecule has 0 unspecified atom stereocenters. The first kappa shape index (κ1) is 22.9. The van der Waals surface area contributed by atoms with Crippen molar-refractivity contribution in [3.8, 4) is 17.2 Å². The highest BCUT2D eigenvalue weighted by atomic mass is 35.5. The maximum atomic E-state index is 6.02. The van der Waals surface area contributed by atoms with Gasteiger partial charge in [-0.25, -0.2) is 0 Å².